The van der Waals surface area contributed by atoms with Crippen LogP contribution in [0.1, 0.15) is 5.56 Å². The molecule has 0 fully saturated rings. The van der Waals surface area contributed by atoms with Gasteiger partial charge in [0.1, 0.15) is 19.3 Å². The van der Waals surface area contributed by atoms with Gasteiger partial charge in [-0.3, -0.25) is 0 Å². The number of hydrogen-bond donors (Lipinski definition) is 1. The summed E-state index contributed by atoms with van der Waals surface area (Å²) in [4.78, 5) is 16.1. The fourth-order valence-electron chi connectivity index (χ4n) is 1.31. The summed E-state index contributed by atoms with van der Waals surface area (Å²) >= 11 is 5.69. The summed E-state index contributed by atoms with van der Waals surface area (Å²) in [6, 6.07) is 8.99. The second-order valence-electron chi connectivity index (χ2n) is 3.47. The van der Waals surface area contributed by atoms with Gasteiger partial charge in [-0.15, -0.1) is 0 Å². The van der Waals surface area contributed by atoms with E-state index in [0.29, 0.717) is 0 Å². The number of carbonyl (C=O) groups is 1. The highest BCUT2D eigenvalue weighted by molar-refractivity contribution is 6.66. The van der Waals surface area contributed by atoms with Crippen molar-refractivity contribution in [2.24, 2.45) is 5.16 Å². The van der Waals surface area contributed by atoms with E-state index >= 15 is 0 Å². The molecule has 1 heterocycles. The number of nitrogens with zero attached hydrogens (tertiary/aromatic N) is 1. The van der Waals surface area contributed by atoms with E-state index in [1.54, 1.807) is 0 Å². The summed E-state index contributed by atoms with van der Waals surface area (Å²) in [7, 11) is 0. The number of halogens is 1. The van der Waals surface area contributed by atoms with Crippen LogP contribution in [0.4, 0.5) is 4.79 Å². The van der Waals surface area contributed by atoms with Crippen LogP contribution in [-0.4, -0.2) is 23.9 Å². The van der Waals surface area contributed by atoms with Gasteiger partial charge < -0.3 is 14.9 Å². The molecule has 0 spiro atoms. The molecule has 0 aromatic heterocycles. The van der Waals surface area contributed by atoms with E-state index in [2.05, 4.69) is 10.5 Å². The maximum Gasteiger partial charge on any atom is 0.408 e. The van der Waals surface area contributed by atoms with Crippen molar-refractivity contribution in [3.63, 3.8) is 0 Å². The van der Waals surface area contributed by atoms with Gasteiger partial charge in [0.2, 0.25) is 0 Å². The largest absolute Gasteiger partial charge is 0.445 e. The molecule has 0 aliphatic carbocycles. The molecular weight excluding hydrogens is 244 g/mol. The molecule has 0 saturated heterocycles. The van der Waals surface area contributed by atoms with Crippen molar-refractivity contribution in [1.29, 1.82) is 0 Å². The fraction of sp³-hybridized carbons (Fsp3) is 0.273. The molecule has 1 N–H and O–H groups in total. The van der Waals surface area contributed by atoms with E-state index in [9.17, 15) is 4.79 Å². The Morgan fingerprint density at radius 3 is 2.94 bits per heavy atom. The SMILES string of the molecule is O=C(NC1CON=C1Cl)OCc1ccccc1. The second kappa shape index (κ2) is 5.54. The van der Waals surface area contributed by atoms with Gasteiger partial charge >= 0.3 is 6.09 Å². The molecule has 1 aromatic rings. The van der Waals surface area contributed by atoms with Crippen LogP contribution in [0.15, 0.2) is 35.5 Å². The van der Waals surface area contributed by atoms with Crippen molar-refractivity contribution < 1.29 is 14.4 Å². The third-order valence-electron chi connectivity index (χ3n) is 2.19. The molecule has 0 radical (unpaired) electrons. The Labute approximate surface area is 103 Å². The molecule has 1 unspecified atom stereocenters. The Bertz CT molecular complexity index is 422. The second-order valence-corrected chi connectivity index (χ2v) is 3.86. The van der Waals surface area contributed by atoms with Crippen LogP contribution in [0.5, 0.6) is 0 Å². The van der Waals surface area contributed by atoms with Gasteiger partial charge in [0.15, 0.2) is 5.17 Å². The maximum absolute atomic E-state index is 11.4. The van der Waals surface area contributed by atoms with E-state index in [0.717, 1.165) is 5.56 Å². The molecule has 6 heteroatoms. The number of ether oxygens (including phenoxy) is 1. The minimum absolute atomic E-state index is 0.217. The average Bonchev–Trinajstić information content (AvgIpc) is 2.74. The Balaban J connectivity index is 1.77. The minimum atomic E-state index is -0.544. The topological polar surface area (TPSA) is 59.9 Å². The number of hydrogen-bond acceptors (Lipinski definition) is 4. The van der Waals surface area contributed by atoms with Gasteiger partial charge in [-0.05, 0) is 5.56 Å². The van der Waals surface area contributed by atoms with Crippen molar-refractivity contribution in [2.45, 2.75) is 12.6 Å². The quantitative estimate of drug-likeness (QED) is 0.896. The highest BCUT2D eigenvalue weighted by Gasteiger charge is 2.23. The predicted molar refractivity (Wildman–Crippen MR) is 62.8 cm³/mol. The third-order valence-corrected chi connectivity index (χ3v) is 2.52. The van der Waals surface area contributed by atoms with Crippen molar-refractivity contribution in [2.75, 3.05) is 6.61 Å². The number of nitrogens with one attached hydrogen (secondary N) is 1. The normalized spacial score (nSPS) is 18.2. The number of benzene rings is 1. The first-order chi connectivity index (χ1) is 8.25. The maximum atomic E-state index is 11.4. The van der Waals surface area contributed by atoms with Crippen LogP contribution in [0.3, 0.4) is 0 Å². The van der Waals surface area contributed by atoms with Gasteiger partial charge in [-0.2, -0.15) is 0 Å². The molecule has 90 valence electrons. The summed E-state index contributed by atoms with van der Waals surface area (Å²) in [6.45, 7) is 0.453. The van der Waals surface area contributed by atoms with Crippen molar-refractivity contribution >= 4 is 22.9 Å². The predicted octanol–water partition coefficient (Wildman–Crippen LogP) is 1.86. The molecular formula is C11H11ClN2O3. The summed E-state index contributed by atoms with van der Waals surface area (Å²) < 4.78 is 5.02. The smallest absolute Gasteiger partial charge is 0.408 e. The summed E-state index contributed by atoms with van der Waals surface area (Å²) in [5, 5.41) is 6.27. The number of carbonyl (C=O) groups excluding carboxylic acids is 1. The Morgan fingerprint density at radius 1 is 1.53 bits per heavy atom. The third kappa shape index (κ3) is 3.35. The molecule has 1 aliphatic heterocycles. The summed E-state index contributed by atoms with van der Waals surface area (Å²) in [6.07, 6.45) is -0.544. The molecule has 1 amide bonds. The lowest BCUT2D eigenvalue weighted by Crippen LogP contribution is -2.39. The molecule has 2 rings (SSSR count). The van der Waals surface area contributed by atoms with Crippen LogP contribution in [0.25, 0.3) is 0 Å². The molecule has 17 heavy (non-hydrogen) atoms. The first-order valence-electron chi connectivity index (χ1n) is 5.08. The standard InChI is InChI=1S/C11H11ClN2O3/c12-10-9(7-17-14-10)13-11(15)16-6-8-4-2-1-3-5-8/h1-5,9H,6-7H2,(H,13,15). The Kier molecular flexibility index (Phi) is 3.82. The van der Waals surface area contributed by atoms with Crippen molar-refractivity contribution in [3.05, 3.63) is 35.9 Å². The van der Waals surface area contributed by atoms with Crippen LogP contribution in [-0.2, 0) is 16.2 Å². The van der Waals surface area contributed by atoms with Crippen LogP contribution >= 0.6 is 11.6 Å². The zero-order valence-corrected chi connectivity index (χ0v) is 9.68. The first-order valence-corrected chi connectivity index (χ1v) is 5.46. The number of rotatable bonds is 3. The van der Waals surface area contributed by atoms with Crippen molar-refractivity contribution in [3.8, 4) is 0 Å². The Hall–Kier alpha value is -1.75. The zero-order valence-electron chi connectivity index (χ0n) is 8.93. The van der Waals surface area contributed by atoms with Crippen LogP contribution in [0.2, 0.25) is 0 Å². The van der Waals surface area contributed by atoms with Gasteiger partial charge in [0, 0.05) is 0 Å². The van der Waals surface area contributed by atoms with E-state index in [1.807, 2.05) is 30.3 Å². The monoisotopic (exact) mass is 254 g/mol. The van der Waals surface area contributed by atoms with Gasteiger partial charge in [-0.1, -0.05) is 47.1 Å². The molecule has 0 saturated carbocycles. The molecule has 0 bridgehead atoms. The molecule has 1 atom stereocenters. The van der Waals surface area contributed by atoms with E-state index in [1.165, 1.54) is 0 Å². The zero-order chi connectivity index (χ0) is 12.1. The summed E-state index contributed by atoms with van der Waals surface area (Å²) in [5.74, 6) is 0. The number of oxime groups is 1. The molecule has 1 aliphatic rings. The van der Waals surface area contributed by atoms with Crippen LogP contribution < -0.4 is 5.32 Å². The number of amides is 1. The Morgan fingerprint density at radius 2 is 2.29 bits per heavy atom. The molecule has 1 aromatic carbocycles. The van der Waals surface area contributed by atoms with Crippen LogP contribution in [0, 0.1) is 0 Å². The van der Waals surface area contributed by atoms with E-state index < -0.39 is 12.1 Å². The lowest BCUT2D eigenvalue weighted by atomic mass is 10.2. The van der Waals surface area contributed by atoms with Crippen molar-refractivity contribution in [1.82, 2.24) is 5.32 Å². The van der Waals surface area contributed by atoms with E-state index in [4.69, 9.17) is 21.2 Å². The lowest BCUT2D eigenvalue weighted by Gasteiger charge is -2.10. The highest BCUT2D eigenvalue weighted by atomic mass is 35.5. The average molecular weight is 255 g/mol. The van der Waals surface area contributed by atoms with Gasteiger partial charge in [0.05, 0.1) is 0 Å². The van der Waals surface area contributed by atoms with Gasteiger partial charge in [-0.25, -0.2) is 4.79 Å². The first kappa shape index (κ1) is 11.7. The lowest BCUT2D eigenvalue weighted by molar-refractivity contribution is 0.127. The van der Waals surface area contributed by atoms with Gasteiger partial charge in [0.25, 0.3) is 0 Å². The summed E-state index contributed by atoms with van der Waals surface area (Å²) in [5.41, 5.74) is 0.921. The molecule has 5 nitrogen and oxygen atoms in total. The van der Waals surface area contributed by atoms with E-state index in [-0.39, 0.29) is 18.4 Å². The highest BCUT2D eigenvalue weighted by Crippen LogP contribution is 2.06. The number of alkyl carbamates (subject to hydrolysis) is 1. The fourth-order valence-corrected chi connectivity index (χ4v) is 1.48. The minimum Gasteiger partial charge on any atom is -0.445 e.